The van der Waals surface area contributed by atoms with Crippen LogP contribution in [0.3, 0.4) is 0 Å². The summed E-state index contributed by atoms with van der Waals surface area (Å²) in [6.45, 7) is 4.08. The van der Waals surface area contributed by atoms with Gasteiger partial charge in [-0.1, -0.05) is 182 Å². The Morgan fingerprint density at radius 1 is 0.574 bits per heavy atom. The maximum absolute atomic E-state index is 8.00. The zero-order valence-electron chi connectivity index (χ0n) is 30.3. The number of nitrogens with one attached hydrogen (secondary N) is 1. The van der Waals surface area contributed by atoms with E-state index in [9.17, 15) is 0 Å². The minimum atomic E-state index is 0.123. The van der Waals surface area contributed by atoms with Gasteiger partial charge in [-0.15, -0.1) is 0 Å². The van der Waals surface area contributed by atoms with Crippen molar-refractivity contribution in [2.45, 2.75) is 19.1 Å². The van der Waals surface area contributed by atoms with E-state index in [1.165, 1.54) is 71.9 Å². The zero-order valence-corrected chi connectivity index (χ0v) is 30.3. The molecule has 5 unspecified atom stereocenters. The van der Waals surface area contributed by atoms with Gasteiger partial charge < -0.3 is 15.0 Å². The first-order valence-electron chi connectivity index (χ1n) is 18.9. The van der Waals surface area contributed by atoms with Crippen LogP contribution in [0.5, 0.6) is 0 Å². The van der Waals surface area contributed by atoms with Gasteiger partial charge in [-0.25, -0.2) is 0 Å². The van der Waals surface area contributed by atoms with Crippen LogP contribution in [0.2, 0.25) is 0 Å². The molecule has 54 heavy (non-hydrogen) atoms. The lowest BCUT2D eigenvalue weighted by Gasteiger charge is -2.49. The second-order valence-corrected chi connectivity index (χ2v) is 14.5. The Hall–Kier alpha value is -6.45. The van der Waals surface area contributed by atoms with Crippen molar-refractivity contribution in [1.82, 2.24) is 0 Å². The Bertz CT molecular complexity index is 2560. The highest BCUT2D eigenvalue weighted by Gasteiger charge is 2.48. The third kappa shape index (κ3) is 5.56. The largest absolute Gasteiger partial charge is 0.360 e. The summed E-state index contributed by atoms with van der Waals surface area (Å²) in [7, 11) is 0. The summed E-state index contributed by atoms with van der Waals surface area (Å²) in [4.78, 5) is 10.7. The van der Waals surface area contributed by atoms with Crippen molar-refractivity contribution in [3.8, 4) is 11.1 Å². The standard InChI is InChI=1S/C43H32N2.C7H8.CH2O/c1-2-13-28(14-3-1)40-34-18-8-6-16-31(34)32-17-7-9-19-35(32)41(40)29-23-24-33-36-25-22-27-12-4-5-15-30(27)42(36)43-44-37-20-10-11-21-38(37)45(43)39(33)26-29;1-7-5-3-2-4-6-7;1-2/h1-27,30,33,39,43-44H;2-6H,1H3;1H2. The van der Waals surface area contributed by atoms with Gasteiger partial charge in [-0.05, 0) is 74.0 Å². The molecular formula is C51H42N2O. The number of para-hydroxylation sites is 2. The van der Waals surface area contributed by atoms with Crippen LogP contribution in [0.15, 0.2) is 199 Å². The Morgan fingerprint density at radius 2 is 1.19 bits per heavy atom. The van der Waals surface area contributed by atoms with E-state index in [1.807, 2.05) is 25.0 Å². The molecule has 6 aromatic carbocycles. The van der Waals surface area contributed by atoms with Crippen molar-refractivity contribution < 1.29 is 4.79 Å². The highest BCUT2D eigenvalue weighted by Crippen LogP contribution is 2.53. The number of rotatable bonds is 2. The SMILES string of the molecule is C1=CC2C=CC3=C(C2C=C1)C1Nc2ccccc2N1C1C=C(c2c(-c4ccccc4)c4ccccc4c4ccccc24)C=CC31.C=O.Cc1ccccc1. The van der Waals surface area contributed by atoms with Crippen molar-refractivity contribution in [1.29, 1.82) is 0 Å². The third-order valence-electron chi connectivity index (χ3n) is 11.5. The molecular weight excluding hydrogens is 657 g/mol. The normalized spacial score (nSPS) is 22.4. The Kier molecular flexibility index (Phi) is 8.76. The molecule has 0 saturated carbocycles. The van der Waals surface area contributed by atoms with E-state index in [2.05, 4.69) is 187 Å². The number of carbonyl (C=O) groups excluding carboxylic acids is 1. The first-order valence-corrected chi connectivity index (χ1v) is 18.9. The molecule has 0 saturated heterocycles. The molecule has 0 aromatic heterocycles. The monoisotopic (exact) mass is 698 g/mol. The summed E-state index contributed by atoms with van der Waals surface area (Å²) >= 11 is 0. The van der Waals surface area contributed by atoms with Gasteiger partial charge in [0, 0.05) is 17.8 Å². The molecule has 6 aromatic rings. The summed E-state index contributed by atoms with van der Waals surface area (Å²) in [5.74, 6) is 1.06. The van der Waals surface area contributed by atoms with Crippen LogP contribution in [0, 0.1) is 24.7 Å². The number of hydrogen-bond donors (Lipinski definition) is 1. The molecule has 3 nitrogen and oxygen atoms in total. The lowest BCUT2D eigenvalue weighted by atomic mass is 9.68. The van der Waals surface area contributed by atoms with E-state index in [0.717, 1.165) is 0 Å². The van der Waals surface area contributed by atoms with Crippen molar-refractivity contribution in [3.05, 3.63) is 210 Å². The van der Waals surface area contributed by atoms with Crippen molar-refractivity contribution in [2.24, 2.45) is 17.8 Å². The van der Waals surface area contributed by atoms with Gasteiger partial charge in [-0.2, -0.15) is 0 Å². The number of nitrogens with zero attached hydrogens (tertiary/aromatic N) is 1. The Labute approximate surface area is 317 Å². The summed E-state index contributed by atoms with van der Waals surface area (Å²) in [6.07, 6.45) is 21.7. The minimum Gasteiger partial charge on any atom is -0.360 e. The fourth-order valence-corrected chi connectivity index (χ4v) is 9.26. The summed E-state index contributed by atoms with van der Waals surface area (Å²) in [5.41, 5.74) is 12.0. The van der Waals surface area contributed by atoms with Crippen molar-refractivity contribution in [3.63, 3.8) is 0 Å². The van der Waals surface area contributed by atoms with E-state index in [0.29, 0.717) is 11.8 Å². The molecule has 2 heterocycles. The maximum Gasteiger partial charge on any atom is 0.123 e. The fraction of sp³-hybridized carbons (Fsp3) is 0.118. The first-order chi connectivity index (χ1) is 26.7. The number of allylic oxidation sites excluding steroid dienone is 8. The highest BCUT2D eigenvalue weighted by molar-refractivity contribution is 6.20. The Balaban J connectivity index is 0.000000382. The molecule has 0 fully saturated rings. The number of anilines is 2. The van der Waals surface area contributed by atoms with Crippen LogP contribution >= 0.6 is 0 Å². The van der Waals surface area contributed by atoms with Gasteiger partial charge >= 0.3 is 0 Å². The van der Waals surface area contributed by atoms with Gasteiger partial charge in [0.15, 0.2) is 0 Å². The van der Waals surface area contributed by atoms with Crippen LogP contribution in [-0.2, 0) is 4.79 Å². The lowest BCUT2D eigenvalue weighted by Crippen LogP contribution is -2.54. The Morgan fingerprint density at radius 3 is 1.89 bits per heavy atom. The molecule has 3 heteroatoms. The fourth-order valence-electron chi connectivity index (χ4n) is 9.26. The van der Waals surface area contributed by atoms with Crippen LogP contribution in [0.1, 0.15) is 11.1 Å². The molecule has 5 aliphatic rings. The van der Waals surface area contributed by atoms with Gasteiger partial charge in [0.25, 0.3) is 0 Å². The molecule has 0 spiro atoms. The van der Waals surface area contributed by atoms with Gasteiger partial charge in [0.1, 0.15) is 13.0 Å². The molecule has 3 aliphatic carbocycles. The van der Waals surface area contributed by atoms with Crippen LogP contribution in [-0.4, -0.2) is 19.0 Å². The first kappa shape index (κ1) is 33.4. The van der Waals surface area contributed by atoms with E-state index in [1.54, 1.807) is 0 Å². The predicted octanol–water partition coefficient (Wildman–Crippen LogP) is 11.9. The van der Waals surface area contributed by atoms with E-state index in [4.69, 9.17) is 4.79 Å². The molecule has 5 atom stereocenters. The van der Waals surface area contributed by atoms with Crippen molar-refractivity contribution in [2.75, 3.05) is 10.2 Å². The van der Waals surface area contributed by atoms with Gasteiger partial charge in [0.2, 0.25) is 0 Å². The lowest BCUT2D eigenvalue weighted by molar-refractivity contribution is -0.0980. The molecule has 11 rings (SSSR count). The van der Waals surface area contributed by atoms with E-state index >= 15 is 0 Å². The average molecular weight is 699 g/mol. The van der Waals surface area contributed by atoms with E-state index < -0.39 is 0 Å². The number of hydrogen-bond acceptors (Lipinski definition) is 3. The van der Waals surface area contributed by atoms with Gasteiger partial charge in [0.05, 0.1) is 17.4 Å². The number of carbonyl (C=O) groups is 1. The van der Waals surface area contributed by atoms with Crippen LogP contribution in [0.25, 0.3) is 38.2 Å². The molecule has 0 bridgehead atoms. The molecule has 0 amide bonds. The van der Waals surface area contributed by atoms with E-state index in [-0.39, 0.29) is 18.1 Å². The summed E-state index contributed by atoms with van der Waals surface area (Å²) in [5, 5.41) is 9.17. The van der Waals surface area contributed by atoms with Crippen LogP contribution in [0.4, 0.5) is 11.4 Å². The maximum atomic E-state index is 8.00. The number of benzene rings is 6. The average Bonchev–Trinajstić information content (AvgIpc) is 3.64. The number of aryl methyl sites for hydroxylation is 1. The van der Waals surface area contributed by atoms with Gasteiger partial charge in [-0.3, -0.25) is 0 Å². The molecule has 2 aliphatic heterocycles. The second-order valence-electron chi connectivity index (χ2n) is 14.5. The third-order valence-corrected chi connectivity index (χ3v) is 11.5. The van der Waals surface area contributed by atoms with Crippen LogP contribution < -0.4 is 10.2 Å². The molecule has 1 N–H and O–H groups in total. The predicted molar refractivity (Wildman–Crippen MR) is 227 cm³/mol. The summed E-state index contributed by atoms with van der Waals surface area (Å²) < 4.78 is 0. The topological polar surface area (TPSA) is 32.3 Å². The molecule has 262 valence electrons. The smallest absolute Gasteiger partial charge is 0.123 e. The quantitative estimate of drug-likeness (QED) is 0.183. The number of fused-ring (bicyclic) bond motifs is 12. The zero-order chi connectivity index (χ0) is 36.6. The molecule has 0 radical (unpaired) electrons. The highest BCUT2D eigenvalue weighted by atomic mass is 16.1. The second kappa shape index (κ2) is 14.2. The van der Waals surface area contributed by atoms with Crippen molar-refractivity contribution >= 4 is 45.3 Å². The summed E-state index contributed by atoms with van der Waals surface area (Å²) in [6, 6.07) is 48.2. The minimum absolute atomic E-state index is 0.123.